The maximum absolute atomic E-state index is 12.4. The van der Waals surface area contributed by atoms with Gasteiger partial charge in [-0.1, -0.05) is 46.5 Å². The summed E-state index contributed by atoms with van der Waals surface area (Å²) in [5, 5.41) is 2.84. The molecule has 1 atom stereocenters. The van der Waals surface area contributed by atoms with Crippen molar-refractivity contribution in [3.8, 4) is 0 Å². The Morgan fingerprint density at radius 1 is 1.19 bits per heavy atom. The lowest BCUT2D eigenvalue weighted by atomic mass is 9.81. The van der Waals surface area contributed by atoms with Crippen LogP contribution >= 0.6 is 0 Å². The highest BCUT2D eigenvalue weighted by Crippen LogP contribution is 2.30. The van der Waals surface area contributed by atoms with Crippen LogP contribution in [0.15, 0.2) is 0 Å². The first-order chi connectivity index (χ1) is 9.95. The van der Waals surface area contributed by atoms with Gasteiger partial charge in [-0.25, -0.2) is 0 Å². The van der Waals surface area contributed by atoms with Crippen LogP contribution in [0.4, 0.5) is 0 Å². The second-order valence-corrected chi connectivity index (χ2v) is 7.42. The van der Waals surface area contributed by atoms with Gasteiger partial charge in [0, 0.05) is 6.54 Å². The number of nitrogens with zero attached hydrogens (tertiary/aromatic N) is 1. The molecule has 2 fully saturated rings. The highest BCUT2D eigenvalue weighted by molar-refractivity contribution is 5.94. The molecule has 1 saturated carbocycles. The van der Waals surface area contributed by atoms with Crippen molar-refractivity contribution < 1.29 is 9.59 Å². The smallest absolute Gasteiger partial charge is 0.245 e. The fraction of sp³-hybridized carbons (Fsp3) is 0.882. The molecule has 1 aliphatic carbocycles. The van der Waals surface area contributed by atoms with E-state index in [0.717, 1.165) is 31.2 Å². The highest BCUT2D eigenvalue weighted by atomic mass is 16.2. The predicted octanol–water partition coefficient (Wildman–Crippen LogP) is 2.58. The van der Waals surface area contributed by atoms with E-state index in [4.69, 9.17) is 0 Å². The van der Waals surface area contributed by atoms with Crippen LogP contribution in [-0.2, 0) is 9.59 Å². The molecule has 0 aromatic heterocycles. The van der Waals surface area contributed by atoms with Crippen LogP contribution in [0.3, 0.4) is 0 Å². The fourth-order valence-corrected chi connectivity index (χ4v) is 3.55. The molecule has 2 rings (SSSR count). The summed E-state index contributed by atoms with van der Waals surface area (Å²) in [5.74, 6) is 2.13. The second-order valence-electron chi connectivity index (χ2n) is 7.42. The van der Waals surface area contributed by atoms with Crippen LogP contribution in [0.5, 0.6) is 0 Å². The maximum atomic E-state index is 12.4. The molecular weight excluding hydrogens is 264 g/mol. The Balaban J connectivity index is 1.83. The lowest BCUT2D eigenvalue weighted by molar-refractivity contribution is -0.144. The molecule has 1 N–H and O–H groups in total. The van der Waals surface area contributed by atoms with E-state index in [2.05, 4.69) is 26.1 Å². The minimum Gasteiger partial charge on any atom is -0.343 e. The summed E-state index contributed by atoms with van der Waals surface area (Å²) in [6.45, 7) is 7.49. The first-order valence-electron chi connectivity index (χ1n) is 8.54. The van der Waals surface area contributed by atoms with Gasteiger partial charge in [0.2, 0.25) is 11.8 Å². The minimum atomic E-state index is -0.308. The molecule has 0 aromatic carbocycles. The molecule has 21 heavy (non-hydrogen) atoms. The van der Waals surface area contributed by atoms with Gasteiger partial charge in [-0.2, -0.15) is 0 Å². The number of rotatable bonds is 5. The number of piperazine rings is 1. The third-order valence-corrected chi connectivity index (χ3v) is 4.93. The molecule has 1 aliphatic heterocycles. The highest BCUT2D eigenvalue weighted by Gasteiger charge is 2.33. The average molecular weight is 294 g/mol. The second kappa shape index (κ2) is 7.28. The zero-order valence-electron chi connectivity index (χ0n) is 13.7. The van der Waals surface area contributed by atoms with Crippen LogP contribution in [0.1, 0.15) is 59.3 Å². The maximum Gasteiger partial charge on any atom is 0.245 e. The van der Waals surface area contributed by atoms with Gasteiger partial charge in [0.05, 0.1) is 6.54 Å². The van der Waals surface area contributed by atoms with Crippen LogP contribution in [0.25, 0.3) is 0 Å². The van der Waals surface area contributed by atoms with Crippen molar-refractivity contribution in [1.29, 1.82) is 0 Å². The Hall–Kier alpha value is -1.06. The largest absolute Gasteiger partial charge is 0.343 e. The van der Waals surface area contributed by atoms with Crippen LogP contribution in [0, 0.1) is 17.8 Å². The van der Waals surface area contributed by atoms with Gasteiger partial charge in [-0.15, -0.1) is 0 Å². The number of hydrogen-bond donors (Lipinski definition) is 1. The monoisotopic (exact) mass is 294 g/mol. The van der Waals surface area contributed by atoms with Gasteiger partial charge in [0.15, 0.2) is 0 Å². The Morgan fingerprint density at radius 2 is 1.86 bits per heavy atom. The fourth-order valence-electron chi connectivity index (χ4n) is 3.55. The average Bonchev–Trinajstić information content (AvgIpc) is 2.42. The van der Waals surface area contributed by atoms with Gasteiger partial charge >= 0.3 is 0 Å². The molecule has 2 amide bonds. The van der Waals surface area contributed by atoms with Crippen LogP contribution in [-0.4, -0.2) is 35.8 Å². The van der Waals surface area contributed by atoms with Crippen molar-refractivity contribution in [3.63, 3.8) is 0 Å². The molecule has 4 heteroatoms. The number of nitrogens with one attached hydrogen (secondary N) is 1. The normalized spacial score (nSPS) is 30.7. The summed E-state index contributed by atoms with van der Waals surface area (Å²) in [6, 6.07) is -0.308. The standard InChI is InChI=1S/C17H30N2O2/c1-12(2)10-15-17(21)19(11-16(20)18-15)9-8-14-6-4-13(3)5-7-14/h12-15H,4-11H2,1-3H3,(H,18,20). The van der Waals surface area contributed by atoms with Crippen molar-refractivity contribution in [3.05, 3.63) is 0 Å². The van der Waals surface area contributed by atoms with E-state index in [9.17, 15) is 9.59 Å². The first-order valence-corrected chi connectivity index (χ1v) is 8.54. The molecule has 0 bridgehead atoms. The lowest BCUT2D eigenvalue weighted by Gasteiger charge is -2.35. The number of carbonyl (C=O) groups is 2. The third kappa shape index (κ3) is 4.72. The van der Waals surface area contributed by atoms with E-state index in [1.165, 1.54) is 25.7 Å². The Morgan fingerprint density at radius 3 is 2.48 bits per heavy atom. The van der Waals surface area contributed by atoms with Gasteiger partial charge in [-0.3, -0.25) is 9.59 Å². The van der Waals surface area contributed by atoms with Gasteiger partial charge < -0.3 is 10.2 Å². The molecule has 1 saturated heterocycles. The van der Waals surface area contributed by atoms with Gasteiger partial charge in [-0.05, 0) is 30.6 Å². The van der Waals surface area contributed by atoms with E-state index in [0.29, 0.717) is 5.92 Å². The molecule has 1 unspecified atom stereocenters. The SMILES string of the molecule is CC(C)CC1NC(=O)CN(CCC2CCC(C)CC2)C1=O. The summed E-state index contributed by atoms with van der Waals surface area (Å²) in [5.41, 5.74) is 0. The Kier molecular flexibility index (Phi) is 5.65. The summed E-state index contributed by atoms with van der Waals surface area (Å²) >= 11 is 0. The van der Waals surface area contributed by atoms with Crippen LogP contribution in [0.2, 0.25) is 0 Å². The van der Waals surface area contributed by atoms with Crippen molar-refractivity contribution in [2.24, 2.45) is 17.8 Å². The zero-order chi connectivity index (χ0) is 15.4. The van der Waals surface area contributed by atoms with E-state index in [1.54, 1.807) is 4.90 Å². The topological polar surface area (TPSA) is 49.4 Å². The molecule has 0 aromatic rings. The minimum absolute atomic E-state index is 0.00230. The van der Waals surface area contributed by atoms with E-state index in [-0.39, 0.29) is 24.4 Å². The predicted molar refractivity (Wildman–Crippen MR) is 83.7 cm³/mol. The van der Waals surface area contributed by atoms with Crippen molar-refractivity contribution >= 4 is 11.8 Å². The number of amides is 2. The summed E-state index contributed by atoms with van der Waals surface area (Å²) < 4.78 is 0. The van der Waals surface area contributed by atoms with E-state index >= 15 is 0 Å². The Bertz CT molecular complexity index is 373. The molecule has 0 radical (unpaired) electrons. The summed E-state index contributed by atoms with van der Waals surface area (Å²) in [4.78, 5) is 26.0. The van der Waals surface area contributed by atoms with Crippen molar-refractivity contribution in [2.75, 3.05) is 13.1 Å². The van der Waals surface area contributed by atoms with E-state index in [1.807, 2.05) is 0 Å². The molecule has 4 nitrogen and oxygen atoms in total. The number of carbonyl (C=O) groups excluding carboxylic acids is 2. The van der Waals surface area contributed by atoms with Crippen LogP contribution < -0.4 is 5.32 Å². The molecule has 1 heterocycles. The summed E-state index contributed by atoms with van der Waals surface area (Å²) in [7, 11) is 0. The first kappa shape index (κ1) is 16.3. The van der Waals surface area contributed by atoms with E-state index < -0.39 is 0 Å². The quantitative estimate of drug-likeness (QED) is 0.847. The molecule has 120 valence electrons. The lowest BCUT2D eigenvalue weighted by Crippen LogP contribution is -2.58. The molecule has 0 spiro atoms. The Labute approximate surface area is 128 Å². The third-order valence-electron chi connectivity index (χ3n) is 4.93. The van der Waals surface area contributed by atoms with Crippen molar-refractivity contribution in [1.82, 2.24) is 10.2 Å². The zero-order valence-corrected chi connectivity index (χ0v) is 13.7. The number of hydrogen-bond acceptors (Lipinski definition) is 2. The van der Waals surface area contributed by atoms with Gasteiger partial charge in [0.25, 0.3) is 0 Å². The van der Waals surface area contributed by atoms with Crippen molar-refractivity contribution in [2.45, 2.75) is 65.3 Å². The van der Waals surface area contributed by atoms with Gasteiger partial charge in [0.1, 0.15) is 6.04 Å². The molecule has 2 aliphatic rings. The molecular formula is C17H30N2O2. The summed E-state index contributed by atoms with van der Waals surface area (Å²) in [6.07, 6.45) is 6.99.